The number of aromatic hydroxyl groups is 1. The maximum Gasteiger partial charge on any atom is 0.339 e. The molecule has 9 heteroatoms. The quantitative estimate of drug-likeness (QED) is 0.478. The summed E-state index contributed by atoms with van der Waals surface area (Å²) in [7, 11) is 0. The van der Waals surface area contributed by atoms with Crippen LogP contribution in [0.2, 0.25) is 0 Å². The number of aromatic carboxylic acids is 1. The third-order valence-corrected chi connectivity index (χ3v) is 5.53. The van der Waals surface area contributed by atoms with Gasteiger partial charge in [-0.3, -0.25) is 10.2 Å². The number of amides is 1. The van der Waals surface area contributed by atoms with E-state index in [1.807, 2.05) is 32.0 Å². The molecule has 0 unspecified atom stereocenters. The lowest BCUT2D eigenvalue weighted by Crippen LogP contribution is -2.28. The van der Waals surface area contributed by atoms with Crippen molar-refractivity contribution in [1.82, 2.24) is 0 Å². The summed E-state index contributed by atoms with van der Waals surface area (Å²) < 4.78 is 14.4. The van der Waals surface area contributed by atoms with Crippen molar-refractivity contribution in [3.05, 3.63) is 77.1 Å². The number of phenols is 1. The molecule has 0 fully saturated rings. The van der Waals surface area contributed by atoms with Gasteiger partial charge in [0.25, 0.3) is 0 Å². The van der Waals surface area contributed by atoms with E-state index in [1.54, 1.807) is 19.1 Å². The molecule has 34 heavy (non-hydrogen) atoms. The number of hydrogen-bond acceptors (Lipinski definition) is 6. The molecule has 172 valence electrons. The normalized spacial score (nSPS) is 14.5. The SMILES string of the molecule is CC1=NN(c2ccc(C)c(C)c2)C(=O)/C1=N\Nc1cccc(-c2c(F)ccc(C(=O)O)c2O)c1. The van der Waals surface area contributed by atoms with E-state index in [-0.39, 0.29) is 16.8 Å². The fourth-order valence-corrected chi connectivity index (χ4v) is 3.54. The number of benzene rings is 3. The number of hydrogen-bond donors (Lipinski definition) is 3. The number of aryl methyl sites for hydroxylation is 2. The fourth-order valence-electron chi connectivity index (χ4n) is 3.54. The van der Waals surface area contributed by atoms with Crippen molar-refractivity contribution in [3.8, 4) is 16.9 Å². The average Bonchev–Trinajstić information content (AvgIpc) is 3.07. The Balaban J connectivity index is 1.61. The molecule has 4 rings (SSSR count). The highest BCUT2D eigenvalue weighted by molar-refractivity contribution is 6.71. The van der Waals surface area contributed by atoms with Gasteiger partial charge in [0.05, 0.1) is 22.6 Å². The highest BCUT2D eigenvalue weighted by Crippen LogP contribution is 2.36. The molecule has 1 heterocycles. The van der Waals surface area contributed by atoms with E-state index in [0.717, 1.165) is 23.3 Å². The first kappa shape index (κ1) is 22.7. The van der Waals surface area contributed by atoms with Crippen molar-refractivity contribution >= 4 is 34.7 Å². The van der Waals surface area contributed by atoms with E-state index in [4.69, 9.17) is 0 Å². The van der Waals surface area contributed by atoms with Gasteiger partial charge in [0.2, 0.25) is 0 Å². The van der Waals surface area contributed by atoms with Crippen LogP contribution >= 0.6 is 0 Å². The van der Waals surface area contributed by atoms with E-state index in [0.29, 0.717) is 17.1 Å². The first-order chi connectivity index (χ1) is 16.2. The summed E-state index contributed by atoms with van der Waals surface area (Å²) in [5, 5.41) is 29.3. The summed E-state index contributed by atoms with van der Waals surface area (Å²) in [5.74, 6) is -3.22. The number of carboxylic acid groups (broad SMARTS) is 1. The Morgan fingerprint density at radius 3 is 2.53 bits per heavy atom. The second-order valence-corrected chi connectivity index (χ2v) is 7.85. The summed E-state index contributed by atoms with van der Waals surface area (Å²) in [6.07, 6.45) is 0. The van der Waals surface area contributed by atoms with Crippen LogP contribution in [-0.2, 0) is 4.79 Å². The van der Waals surface area contributed by atoms with Gasteiger partial charge in [-0.15, -0.1) is 0 Å². The van der Waals surface area contributed by atoms with Crippen LogP contribution in [0.4, 0.5) is 15.8 Å². The van der Waals surface area contributed by atoms with Crippen molar-refractivity contribution in [1.29, 1.82) is 0 Å². The van der Waals surface area contributed by atoms with Crippen LogP contribution in [0.5, 0.6) is 5.75 Å². The van der Waals surface area contributed by atoms with E-state index >= 15 is 0 Å². The topological polar surface area (TPSA) is 115 Å². The Bertz CT molecular complexity index is 1400. The molecule has 0 spiro atoms. The molecule has 0 radical (unpaired) electrons. The minimum absolute atomic E-state index is 0.116. The summed E-state index contributed by atoms with van der Waals surface area (Å²) in [5.41, 5.74) is 6.04. The molecule has 0 bridgehead atoms. The highest BCUT2D eigenvalue weighted by atomic mass is 19.1. The number of carbonyl (C=O) groups excluding carboxylic acids is 1. The predicted octanol–water partition coefficient (Wildman–Crippen LogP) is 4.70. The van der Waals surface area contributed by atoms with Gasteiger partial charge in [-0.2, -0.15) is 15.2 Å². The summed E-state index contributed by atoms with van der Waals surface area (Å²) in [6, 6.07) is 13.8. The number of rotatable bonds is 5. The van der Waals surface area contributed by atoms with Crippen LogP contribution in [0.1, 0.15) is 28.4 Å². The van der Waals surface area contributed by atoms with Crippen molar-refractivity contribution in [2.24, 2.45) is 10.2 Å². The lowest BCUT2D eigenvalue weighted by molar-refractivity contribution is -0.112. The van der Waals surface area contributed by atoms with Gasteiger partial charge in [-0.1, -0.05) is 18.2 Å². The Morgan fingerprint density at radius 1 is 1.06 bits per heavy atom. The summed E-state index contributed by atoms with van der Waals surface area (Å²) in [4.78, 5) is 24.2. The minimum atomic E-state index is -1.37. The number of anilines is 2. The van der Waals surface area contributed by atoms with Gasteiger partial charge in [-0.25, -0.2) is 9.18 Å². The molecule has 1 aliphatic heterocycles. The monoisotopic (exact) mass is 460 g/mol. The Kier molecular flexibility index (Phi) is 5.85. The zero-order chi connectivity index (χ0) is 24.6. The van der Waals surface area contributed by atoms with Gasteiger partial charge in [0.1, 0.15) is 17.1 Å². The maximum absolute atomic E-state index is 14.4. The van der Waals surface area contributed by atoms with E-state index in [9.17, 15) is 24.2 Å². The molecule has 8 nitrogen and oxygen atoms in total. The van der Waals surface area contributed by atoms with Crippen molar-refractivity contribution in [2.75, 3.05) is 10.4 Å². The Hall–Kier alpha value is -4.53. The number of nitrogens with zero attached hydrogens (tertiary/aromatic N) is 3. The fraction of sp³-hybridized carbons (Fsp3) is 0.120. The number of nitrogens with one attached hydrogen (secondary N) is 1. The molecular weight excluding hydrogens is 439 g/mol. The first-order valence-corrected chi connectivity index (χ1v) is 10.3. The van der Waals surface area contributed by atoms with Crippen molar-refractivity contribution in [2.45, 2.75) is 20.8 Å². The van der Waals surface area contributed by atoms with Crippen LogP contribution in [-0.4, -0.2) is 33.5 Å². The zero-order valence-corrected chi connectivity index (χ0v) is 18.6. The van der Waals surface area contributed by atoms with Gasteiger partial charge in [0.15, 0.2) is 5.71 Å². The Morgan fingerprint density at radius 2 is 1.82 bits per heavy atom. The van der Waals surface area contributed by atoms with E-state index in [1.165, 1.54) is 17.1 Å². The number of hydrazone groups is 2. The third kappa shape index (κ3) is 4.11. The lowest BCUT2D eigenvalue weighted by Gasteiger charge is -2.13. The second kappa shape index (κ2) is 8.78. The Labute approximate surface area is 194 Å². The van der Waals surface area contributed by atoms with Crippen LogP contribution in [0.25, 0.3) is 11.1 Å². The number of carboxylic acids is 1. The summed E-state index contributed by atoms with van der Waals surface area (Å²) >= 11 is 0. The standard InChI is InChI=1S/C25H21FN4O4/c1-13-7-8-18(11-14(13)2)30-24(32)22(15(3)29-30)28-27-17-6-4-5-16(12-17)21-20(26)10-9-19(23(21)31)25(33)34/h4-12,27,31H,1-3H3,(H,33,34)/b28-22-. The third-order valence-electron chi connectivity index (χ3n) is 5.53. The van der Waals surface area contributed by atoms with Gasteiger partial charge < -0.3 is 10.2 Å². The lowest BCUT2D eigenvalue weighted by atomic mass is 10.00. The molecule has 0 saturated heterocycles. The first-order valence-electron chi connectivity index (χ1n) is 10.3. The summed E-state index contributed by atoms with van der Waals surface area (Å²) in [6.45, 7) is 5.60. The molecule has 0 atom stereocenters. The molecule has 1 aliphatic rings. The minimum Gasteiger partial charge on any atom is -0.506 e. The van der Waals surface area contributed by atoms with Gasteiger partial charge in [-0.05, 0) is 73.9 Å². The molecule has 3 N–H and O–H groups in total. The largest absolute Gasteiger partial charge is 0.506 e. The van der Waals surface area contributed by atoms with Crippen molar-refractivity contribution in [3.63, 3.8) is 0 Å². The van der Waals surface area contributed by atoms with Crippen LogP contribution < -0.4 is 10.4 Å². The molecule has 0 aliphatic carbocycles. The van der Waals surface area contributed by atoms with Crippen LogP contribution in [0.15, 0.2) is 64.8 Å². The zero-order valence-electron chi connectivity index (χ0n) is 18.6. The number of carbonyl (C=O) groups is 2. The van der Waals surface area contributed by atoms with Gasteiger partial charge >= 0.3 is 11.9 Å². The number of halogens is 1. The van der Waals surface area contributed by atoms with Gasteiger partial charge in [0, 0.05) is 0 Å². The second-order valence-electron chi connectivity index (χ2n) is 7.85. The molecule has 0 aromatic heterocycles. The maximum atomic E-state index is 14.4. The van der Waals surface area contributed by atoms with Crippen molar-refractivity contribution < 1.29 is 24.2 Å². The predicted molar refractivity (Wildman–Crippen MR) is 128 cm³/mol. The molecule has 3 aromatic carbocycles. The highest BCUT2D eigenvalue weighted by Gasteiger charge is 2.31. The smallest absolute Gasteiger partial charge is 0.339 e. The molecular formula is C25H21FN4O4. The van der Waals surface area contributed by atoms with E-state index in [2.05, 4.69) is 15.6 Å². The molecule has 1 amide bonds. The molecule has 3 aromatic rings. The van der Waals surface area contributed by atoms with E-state index < -0.39 is 29.0 Å². The molecule has 0 saturated carbocycles. The van der Waals surface area contributed by atoms with Crippen LogP contribution in [0.3, 0.4) is 0 Å². The average molecular weight is 460 g/mol. The van der Waals surface area contributed by atoms with Crippen LogP contribution in [0, 0.1) is 19.7 Å².